The molecule has 4 aromatic rings. The number of imidazole rings is 1. The second-order valence-electron chi connectivity index (χ2n) is 6.73. The molecule has 0 aliphatic rings. The quantitative estimate of drug-likeness (QED) is 0.246. The maximum absolute atomic E-state index is 6.39. The van der Waals surface area contributed by atoms with Crippen molar-refractivity contribution in [1.82, 2.24) is 9.55 Å². The van der Waals surface area contributed by atoms with Crippen molar-refractivity contribution in [1.29, 1.82) is 0 Å². The van der Waals surface area contributed by atoms with E-state index in [0.29, 0.717) is 28.9 Å². The van der Waals surface area contributed by atoms with Crippen LogP contribution in [0.25, 0.3) is 11.1 Å². The largest absolute Gasteiger partial charge is 0.391 e. The second kappa shape index (κ2) is 9.61. The molecule has 4 nitrogen and oxygen atoms in total. The van der Waals surface area contributed by atoms with Gasteiger partial charge in [-0.15, -0.1) is 0 Å². The van der Waals surface area contributed by atoms with Crippen LogP contribution >= 0.6 is 23.2 Å². The van der Waals surface area contributed by atoms with Crippen LogP contribution in [0.3, 0.4) is 0 Å². The smallest absolute Gasteiger partial charge is 0.142 e. The van der Waals surface area contributed by atoms with Gasteiger partial charge in [-0.25, -0.2) is 4.98 Å². The Morgan fingerprint density at radius 3 is 2.40 bits per heavy atom. The van der Waals surface area contributed by atoms with Gasteiger partial charge in [0.2, 0.25) is 0 Å². The van der Waals surface area contributed by atoms with Crippen LogP contribution in [0.2, 0.25) is 10.0 Å². The summed E-state index contributed by atoms with van der Waals surface area (Å²) in [7, 11) is 0. The van der Waals surface area contributed by atoms with Gasteiger partial charge in [-0.1, -0.05) is 83.0 Å². The van der Waals surface area contributed by atoms with Gasteiger partial charge in [0.05, 0.1) is 17.9 Å². The van der Waals surface area contributed by atoms with Crippen LogP contribution in [0.4, 0.5) is 0 Å². The third-order valence-electron chi connectivity index (χ3n) is 4.60. The molecule has 0 saturated heterocycles. The molecule has 0 radical (unpaired) electrons. The molecule has 0 N–H and O–H groups in total. The summed E-state index contributed by atoms with van der Waals surface area (Å²) in [6.45, 7) is 0.835. The summed E-state index contributed by atoms with van der Waals surface area (Å²) in [5, 5.41) is 5.48. The Bertz CT molecular complexity index is 1130. The molecule has 0 aliphatic heterocycles. The van der Waals surface area contributed by atoms with E-state index in [1.54, 1.807) is 24.7 Å². The Kier molecular flexibility index (Phi) is 6.47. The highest BCUT2D eigenvalue weighted by molar-refractivity contribution is 6.37. The molecular weight excluding hydrogens is 417 g/mol. The third kappa shape index (κ3) is 5.09. The molecule has 1 aromatic heterocycles. The second-order valence-corrected chi connectivity index (χ2v) is 7.58. The van der Waals surface area contributed by atoms with E-state index in [1.165, 1.54) is 5.56 Å². The van der Waals surface area contributed by atoms with E-state index < -0.39 is 0 Å². The molecule has 0 spiro atoms. The van der Waals surface area contributed by atoms with Gasteiger partial charge >= 0.3 is 0 Å². The Balaban J connectivity index is 1.49. The van der Waals surface area contributed by atoms with Crippen molar-refractivity contribution in [2.24, 2.45) is 5.16 Å². The molecule has 0 saturated carbocycles. The van der Waals surface area contributed by atoms with Gasteiger partial charge in [-0.05, 0) is 34.9 Å². The van der Waals surface area contributed by atoms with Gasteiger partial charge in [0.25, 0.3) is 0 Å². The van der Waals surface area contributed by atoms with Crippen LogP contribution in [0.15, 0.2) is 96.7 Å². The van der Waals surface area contributed by atoms with Crippen LogP contribution in [0.1, 0.15) is 11.1 Å². The van der Waals surface area contributed by atoms with Crippen molar-refractivity contribution in [3.63, 3.8) is 0 Å². The summed E-state index contributed by atoms with van der Waals surface area (Å²) >= 11 is 12.4. The van der Waals surface area contributed by atoms with Gasteiger partial charge in [-0.2, -0.15) is 0 Å². The molecule has 30 heavy (non-hydrogen) atoms. The summed E-state index contributed by atoms with van der Waals surface area (Å²) in [5.74, 6) is 0. The van der Waals surface area contributed by atoms with Crippen molar-refractivity contribution < 1.29 is 4.84 Å². The van der Waals surface area contributed by atoms with Crippen molar-refractivity contribution >= 4 is 28.9 Å². The first-order valence-corrected chi connectivity index (χ1v) is 10.2. The lowest BCUT2D eigenvalue weighted by Gasteiger charge is -2.10. The lowest BCUT2D eigenvalue weighted by molar-refractivity contribution is 0.130. The van der Waals surface area contributed by atoms with E-state index in [-0.39, 0.29) is 0 Å². The maximum Gasteiger partial charge on any atom is 0.142 e. The minimum absolute atomic E-state index is 0.355. The summed E-state index contributed by atoms with van der Waals surface area (Å²) in [6.07, 6.45) is 5.31. The monoisotopic (exact) mass is 435 g/mol. The number of benzene rings is 3. The van der Waals surface area contributed by atoms with E-state index in [2.05, 4.69) is 34.4 Å². The maximum atomic E-state index is 6.39. The molecule has 150 valence electrons. The van der Waals surface area contributed by atoms with Crippen molar-refractivity contribution in [3.05, 3.63) is 113 Å². The fourth-order valence-electron chi connectivity index (χ4n) is 3.05. The number of nitrogens with zero attached hydrogens (tertiary/aromatic N) is 3. The first-order chi connectivity index (χ1) is 14.7. The highest BCUT2D eigenvalue weighted by Crippen LogP contribution is 2.23. The SMILES string of the molecule is Clc1ccc(/C(Cn2ccnc2)=N\OCc2ccc(-c3ccccc3)cc2)c(Cl)c1. The molecule has 4 rings (SSSR count). The Hall–Kier alpha value is -3.08. The number of oxime groups is 1. The minimum atomic E-state index is 0.355. The van der Waals surface area contributed by atoms with Crippen LogP contribution in [0.5, 0.6) is 0 Å². The van der Waals surface area contributed by atoms with E-state index in [0.717, 1.165) is 16.7 Å². The fourth-order valence-corrected chi connectivity index (χ4v) is 3.57. The summed E-state index contributed by atoms with van der Waals surface area (Å²) < 4.78 is 1.90. The standard InChI is InChI=1S/C24H19Cl2N3O/c25-21-10-11-22(23(26)14-21)24(15-29-13-12-27-17-29)28-30-16-18-6-8-20(9-7-18)19-4-2-1-3-5-19/h1-14,17H,15-16H2/b28-24-. The van der Waals surface area contributed by atoms with Gasteiger partial charge in [-0.3, -0.25) is 0 Å². The minimum Gasteiger partial charge on any atom is -0.391 e. The van der Waals surface area contributed by atoms with Gasteiger partial charge in [0.1, 0.15) is 12.3 Å². The van der Waals surface area contributed by atoms with Crippen LogP contribution in [-0.2, 0) is 18.0 Å². The van der Waals surface area contributed by atoms with E-state index in [1.807, 2.05) is 47.2 Å². The zero-order chi connectivity index (χ0) is 20.8. The van der Waals surface area contributed by atoms with Gasteiger partial charge in [0.15, 0.2) is 0 Å². The molecule has 1 heterocycles. The normalized spacial score (nSPS) is 11.5. The van der Waals surface area contributed by atoms with Crippen molar-refractivity contribution in [2.75, 3.05) is 0 Å². The molecule has 0 amide bonds. The van der Waals surface area contributed by atoms with Crippen molar-refractivity contribution in [3.8, 4) is 11.1 Å². The lowest BCUT2D eigenvalue weighted by atomic mass is 10.0. The van der Waals surface area contributed by atoms with Crippen molar-refractivity contribution in [2.45, 2.75) is 13.2 Å². The first-order valence-electron chi connectivity index (χ1n) is 9.43. The summed E-state index contributed by atoms with van der Waals surface area (Å²) in [6, 6.07) is 23.8. The topological polar surface area (TPSA) is 39.4 Å². The summed E-state index contributed by atoms with van der Waals surface area (Å²) in [5.41, 5.74) is 4.84. The van der Waals surface area contributed by atoms with Gasteiger partial charge in [0, 0.05) is 23.0 Å². The molecular formula is C24H19Cl2N3O. The first kappa shape index (κ1) is 20.2. The van der Waals surface area contributed by atoms with E-state index >= 15 is 0 Å². The number of aromatic nitrogens is 2. The number of hydrogen-bond donors (Lipinski definition) is 0. The third-order valence-corrected chi connectivity index (χ3v) is 5.15. The number of rotatable bonds is 7. The number of hydrogen-bond acceptors (Lipinski definition) is 3. The molecule has 0 aliphatic carbocycles. The Morgan fingerprint density at radius 2 is 1.70 bits per heavy atom. The van der Waals surface area contributed by atoms with E-state index in [9.17, 15) is 0 Å². The predicted molar refractivity (Wildman–Crippen MR) is 122 cm³/mol. The number of halogens is 2. The average Bonchev–Trinajstić information content (AvgIpc) is 3.28. The van der Waals surface area contributed by atoms with Crippen LogP contribution < -0.4 is 0 Å². The zero-order valence-corrected chi connectivity index (χ0v) is 17.6. The predicted octanol–water partition coefficient (Wildman–Crippen LogP) is 6.48. The Morgan fingerprint density at radius 1 is 0.933 bits per heavy atom. The van der Waals surface area contributed by atoms with Crippen LogP contribution in [-0.4, -0.2) is 15.3 Å². The molecule has 0 fully saturated rings. The highest BCUT2D eigenvalue weighted by atomic mass is 35.5. The Labute approximate surface area is 185 Å². The highest BCUT2D eigenvalue weighted by Gasteiger charge is 2.11. The molecule has 0 bridgehead atoms. The van der Waals surface area contributed by atoms with Crippen LogP contribution in [0, 0.1) is 0 Å². The molecule has 0 atom stereocenters. The van der Waals surface area contributed by atoms with Gasteiger partial charge < -0.3 is 9.40 Å². The van der Waals surface area contributed by atoms with E-state index in [4.69, 9.17) is 28.0 Å². The fraction of sp³-hybridized carbons (Fsp3) is 0.0833. The average molecular weight is 436 g/mol. The molecule has 3 aromatic carbocycles. The molecule has 6 heteroatoms. The molecule has 0 unspecified atom stereocenters. The summed E-state index contributed by atoms with van der Waals surface area (Å²) in [4.78, 5) is 9.76. The zero-order valence-electron chi connectivity index (χ0n) is 16.1. The lowest BCUT2D eigenvalue weighted by Crippen LogP contribution is -2.12.